The third kappa shape index (κ3) is 2.35. The Hall–Kier alpha value is -1.35. The maximum Gasteiger partial charge on any atom is 0.233 e. The lowest BCUT2D eigenvalue weighted by atomic mass is 9.77. The van der Waals surface area contributed by atoms with Crippen molar-refractivity contribution in [2.75, 3.05) is 13.1 Å². The molecule has 0 radical (unpaired) electrons. The molecule has 108 valence electrons. The van der Waals surface area contributed by atoms with Crippen LogP contribution < -0.4 is 0 Å². The second-order valence-corrected chi connectivity index (χ2v) is 6.20. The van der Waals surface area contributed by atoms with Crippen molar-refractivity contribution in [2.24, 2.45) is 0 Å². The van der Waals surface area contributed by atoms with Crippen molar-refractivity contribution in [3.63, 3.8) is 0 Å². The van der Waals surface area contributed by atoms with Crippen LogP contribution in [-0.4, -0.2) is 35.1 Å². The number of hydrogen-bond donors (Lipinski definition) is 1. The molecule has 20 heavy (non-hydrogen) atoms. The molecule has 1 saturated heterocycles. The van der Waals surface area contributed by atoms with Gasteiger partial charge in [-0.1, -0.05) is 43.2 Å². The van der Waals surface area contributed by atoms with E-state index >= 15 is 0 Å². The number of benzene rings is 1. The quantitative estimate of drug-likeness (QED) is 0.899. The lowest BCUT2D eigenvalue weighted by Crippen LogP contribution is -2.50. The number of carbonyl (C=O) groups excluding carboxylic acids is 1. The lowest BCUT2D eigenvalue weighted by molar-refractivity contribution is -0.140. The summed E-state index contributed by atoms with van der Waals surface area (Å²) in [6.45, 7) is 1.30. The van der Waals surface area contributed by atoms with Gasteiger partial charge in [-0.15, -0.1) is 0 Å². The minimum Gasteiger partial charge on any atom is -0.391 e. The van der Waals surface area contributed by atoms with E-state index in [-0.39, 0.29) is 17.4 Å². The first-order chi connectivity index (χ1) is 9.72. The molecule has 1 aliphatic carbocycles. The van der Waals surface area contributed by atoms with Gasteiger partial charge < -0.3 is 10.0 Å². The first-order valence-corrected chi connectivity index (χ1v) is 7.75. The molecule has 0 spiro atoms. The van der Waals surface area contributed by atoms with E-state index < -0.39 is 0 Å². The first kappa shape index (κ1) is 13.6. The number of β-amino-alcohol motifs (C(OH)–C–C–N with tert-alkyl or cyclic N) is 1. The van der Waals surface area contributed by atoms with Gasteiger partial charge in [0.2, 0.25) is 5.91 Å². The number of likely N-dealkylation sites (tertiary alicyclic amines) is 1. The smallest absolute Gasteiger partial charge is 0.233 e. The van der Waals surface area contributed by atoms with Crippen LogP contribution in [0.5, 0.6) is 0 Å². The Morgan fingerprint density at radius 1 is 1.15 bits per heavy atom. The fourth-order valence-electron chi connectivity index (χ4n) is 3.80. The minimum atomic E-state index is -0.345. The van der Waals surface area contributed by atoms with Crippen molar-refractivity contribution in [2.45, 2.75) is 50.0 Å². The van der Waals surface area contributed by atoms with Gasteiger partial charge in [0.25, 0.3) is 0 Å². The van der Waals surface area contributed by atoms with Crippen LogP contribution in [0.3, 0.4) is 0 Å². The van der Waals surface area contributed by atoms with E-state index in [1.54, 1.807) is 0 Å². The van der Waals surface area contributed by atoms with Gasteiger partial charge in [-0.2, -0.15) is 0 Å². The van der Waals surface area contributed by atoms with Crippen LogP contribution >= 0.6 is 0 Å². The molecule has 1 aliphatic heterocycles. The summed E-state index contributed by atoms with van der Waals surface area (Å²) in [4.78, 5) is 15.0. The van der Waals surface area contributed by atoms with Gasteiger partial charge in [0.05, 0.1) is 11.5 Å². The average Bonchev–Trinajstić information content (AvgIpc) is 2.98. The number of rotatable bonds is 2. The van der Waals surface area contributed by atoms with Crippen LogP contribution in [0, 0.1) is 0 Å². The van der Waals surface area contributed by atoms with E-state index in [2.05, 4.69) is 12.1 Å². The lowest BCUT2D eigenvalue weighted by Gasteiger charge is -2.38. The molecule has 3 heteroatoms. The molecule has 1 N–H and O–H groups in total. The normalized spacial score (nSPS) is 25.6. The van der Waals surface area contributed by atoms with E-state index in [1.807, 2.05) is 23.1 Å². The molecule has 2 aliphatic rings. The van der Waals surface area contributed by atoms with Gasteiger partial charge >= 0.3 is 0 Å². The molecule has 1 amide bonds. The Morgan fingerprint density at radius 3 is 2.50 bits per heavy atom. The fraction of sp³-hybridized carbons (Fsp3) is 0.588. The zero-order valence-electron chi connectivity index (χ0n) is 11.9. The summed E-state index contributed by atoms with van der Waals surface area (Å²) in [5.41, 5.74) is 0.820. The van der Waals surface area contributed by atoms with Crippen molar-refractivity contribution in [1.82, 2.24) is 4.90 Å². The summed E-state index contributed by atoms with van der Waals surface area (Å²) < 4.78 is 0. The Morgan fingerprint density at radius 2 is 1.85 bits per heavy atom. The summed E-state index contributed by atoms with van der Waals surface area (Å²) >= 11 is 0. The van der Waals surface area contributed by atoms with Gasteiger partial charge in [-0.05, 0) is 31.2 Å². The third-order valence-electron chi connectivity index (χ3n) is 4.88. The number of amides is 1. The predicted molar refractivity (Wildman–Crippen MR) is 78.4 cm³/mol. The SMILES string of the molecule is O=C(N1CCC[C@H](O)C1)C1(c2ccccc2)CCCC1. The maximum atomic E-state index is 13.1. The topological polar surface area (TPSA) is 40.5 Å². The van der Waals surface area contributed by atoms with E-state index in [4.69, 9.17) is 0 Å². The number of piperidine rings is 1. The molecule has 3 rings (SSSR count). The average molecular weight is 273 g/mol. The van der Waals surface area contributed by atoms with E-state index in [1.165, 1.54) is 0 Å². The number of carbonyl (C=O) groups is 1. The van der Waals surface area contributed by atoms with Gasteiger partial charge in [-0.3, -0.25) is 4.79 Å². The highest BCUT2D eigenvalue weighted by Gasteiger charge is 2.45. The molecule has 1 saturated carbocycles. The molecular formula is C17H23NO2. The molecule has 1 aromatic carbocycles. The standard InChI is InChI=1S/C17H23NO2/c19-15-9-6-12-18(13-15)16(20)17(10-4-5-11-17)14-7-2-1-3-8-14/h1-3,7-8,15,19H,4-6,9-13H2/t15-/m0/s1. The van der Waals surface area contributed by atoms with Crippen molar-refractivity contribution in [3.05, 3.63) is 35.9 Å². The Labute approximate surface area is 120 Å². The van der Waals surface area contributed by atoms with Crippen LogP contribution in [0.1, 0.15) is 44.1 Å². The van der Waals surface area contributed by atoms with E-state index in [9.17, 15) is 9.90 Å². The first-order valence-electron chi connectivity index (χ1n) is 7.75. The van der Waals surface area contributed by atoms with E-state index in [0.29, 0.717) is 6.54 Å². The number of hydrogen-bond acceptors (Lipinski definition) is 2. The van der Waals surface area contributed by atoms with E-state index in [0.717, 1.165) is 50.6 Å². The third-order valence-corrected chi connectivity index (χ3v) is 4.88. The highest BCUT2D eigenvalue weighted by molar-refractivity contribution is 5.88. The number of aliphatic hydroxyl groups excluding tert-OH is 1. The molecule has 3 nitrogen and oxygen atoms in total. The van der Waals surface area contributed by atoms with Gasteiger partial charge in [-0.25, -0.2) is 0 Å². The van der Waals surface area contributed by atoms with Crippen molar-refractivity contribution >= 4 is 5.91 Å². The fourth-order valence-corrected chi connectivity index (χ4v) is 3.80. The number of nitrogens with zero attached hydrogens (tertiary/aromatic N) is 1. The molecule has 0 unspecified atom stereocenters. The second-order valence-electron chi connectivity index (χ2n) is 6.20. The van der Waals surface area contributed by atoms with Crippen molar-refractivity contribution < 1.29 is 9.90 Å². The summed E-state index contributed by atoms with van der Waals surface area (Å²) in [7, 11) is 0. The Kier molecular flexibility index (Phi) is 3.79. The molecule has 1 heterocycles. The summed E-state index contributed by atoms with van der Waals surface area (Å²) in [5.74, 6) is 0.236. The van der Waals surface area contributed by atoms with Crippen LogP contribution in [0.2, 0.25) is 0 Å². The second kappa shape index (κ2) is 5.57. The van der Waals surface area contributed by atoms with Crippen molar-refractivity contribution in [3.8, 4) is 0 Å². The van der Waals surface area contributed by atoms with Crippen LogP contribution in [0.25, 0.3) is 0 Å². The monoisotopic (exact) mass is 273 g/mol. The van der Waals surface area contributed by atoms with Crippen LogP contribution in [0.4, 0.5) is 0 Å². The van der Waals surface area contributed by atoms with Crippen LogP contribution in [0.15, 0.2) is 30.3 Å². The highest BCUT2D eigenvalue weighted by atomic mass is 16.3. The Bertz CT molecular complexity index is 465. The number of aliphatic hydroxyl groups is 1. The predicted octanol–water partition coefficient (Wildman–Crippen LogP) is 2.48. The van der Waals surface area contributed by atoms with Gasteiger partial charge in [0.1, 0.15) is 0 Å². The summed E-state index contributed by atoms with van der Waals surface area (Å²) in [5, 5.41) is 9.83. The minimum absolute atomic E-state index is 0.236. The highest BCUT2D eigenvalue weighted by Crippen LogP contribution is 2.42. The van der Waals surface area contributed by atoms with Gasteiger partial charge in [0, 0.05) is 13.1 Å². The molecule has 2 fully saturated rings. The Balaban J connectivity index is 1.89. The zero-order chi connectivity index (χ0) is 14.0. The zero-order valence-corrected chi connectivity index (χ0v) is 11.9. The molecule has 1 aromatic rings. The maximum absolute atomic E-state index is 13.1. The summed E-state index contributed by atoms with van der Waals surface area (Å²) in [6, 6.07) is 10.2. The molecule has 1 atom stereocenters. The summed E-state index contributed by atoms with van der Waals surface area (Å²) in [6.07, 6.45) is 5.53. The molecular weight excluding hydrogens is 250 g/mol. The van der Waals surface area contributed by atoms with Crippen molar-refractivity contribution in [1.29, 1.82) is 0 Å². The van der Waals surface area contributed by atoms with Gasteiger partial charge in [0.15, 0.2) is 0 Å². The van der Waals surface area contributed by atoms with Crippen LogP contribution in [-0.2, 0) is 10.2 Å². The largest absolute Gasteiger partial charge is 0.391 e. The molecule has 0 aromatic heterocycles. The molecule has 0 bridgehead atoms.